The summed E-state index contributed by atoms with van der Waals surface area (Å²) in [6, 6.07) is 22.3. The molecule has 0 saturated carbocycles. The number of aromatic nitrogens is 1. The summed E-state index contributed by atoms with van der Waals surface area (Å²) in [6.45, 7) is 13.8. The van der Waals surface area contributed by atoms with Gasteiger partial charge in [-0.15, -0.1) is 0 Å². The number of carbonyl (C=O) groups is 1. The molecular weight excluding hydrogens is 643 g/mol. The quantitative estimate of drug-likeness (QED) is 0.0872. The minimum Gasteiger partial charge on any atom is -1.00 e. The molecule has 3 rings (SSSR count). The fraction of sp³-hybridized carbons (Fsp3) is 0.526. The van der Waals surface area contributed by atoms with Gasteiger partial charge in [0.15, 0.2) is 6.20 Å². The van der Waals surface area contributed by atoms with Gasteiger partial charge in [-0.2, -0.15) is 0 Å². The molecule has 43 heavy (non-hydrogen) atoms. The van der Waals surface area contributed by atoms with E-state index in [0.29, 0.717) is 18.7 Å². The first-order chi connectivity index (χ1) is 20.3. The number of amides is 1. The molecule has 5 heteroatoms. The standard InChI is InChI=1S/C38H55N2O2.HI/c1-6-8-9-10-11-12-13-14-15-21-28-42-36-26-25-32(29-35(36)38(3,4)5)30-40(37(41)33-22-17-16-18-23-33)31-34-24-19-20-27-39(34)7-2;/h16-20,22-27,29H,6-15,21,28,30-31H2,1-5H3;1H/q+1;/p-1. The summed E-state index contributed by atoms with van der Waals surface area (Å²) in [7, 11) is 0. The van der Waals surface area contributed by atoms with Crippen molar-refractivity contribution in [1.82, 2.24) is 4.90 Å². The van der Waals surface area contributed by atoms with Crippen molar-refractivity contribution in [2.45, 2.75) is 124 Å². The van der Waals surface area contributed by atoms with Crippen LogP contribution in [0.2, 0.25) is 0 Å². The third-order valence-electron chi connectivity index (χ3n) is 8.02. The van der Waals surface area contributed by atoms with Gasteiger partial charge in [0.2, 0.25) is 5.69 Å². The summed E-state index contributed by atoms with van der Waals surface area (Å²) < 4.78 is 8.56. The highest BCUT2D eigenvalue weighted by Crippen LogP contribution is 2.33. The fourth-order valence-electron chi connectivity index (χ4n) is 5.50. The van der Waals surface area contributed by atoms with Crippen molar-refractivity contribution in [3.63, 3.8) is 0 Å². The lowest BCUT2D eigenvalue weighted by molar-refractivity contribution is -0.701. The average molecular weight is 699 g/mol. The van der Waals surface area contributed by atoms with Gasteiger partial charge in [0.1, 0.15) is 18.8 Å². The number of halogens is 1. The van der Waals surface area contributed by atoms with Crippen LogP contribution in [0.3, 0.4) is 0 Å². The molecule has 0 fully saturated rings. The summed E-state index contributed by atoms with van der Waals surface area (Å²) in [5, 5.41) is 0. The van der Waals surface area contributed by atoms with Gasteiger partial charge in [-0.05, 0) is 54.2 Å². The molecule has 1 amide bonds. The molecule has 0 spiro atoms. The number of hydrogen-bond acceptors (Lipinski definition) is 2. The van der Waals surface area contributed by atoms with Crippen molar-refractivity contribution in [2.24, 2.45) is 0 Å². The summed E-state index contributed by atoms with van der Waals surface area (Å²) >= 11 is 0. The van der Waals surface area contributed by atoms with Crippen LogP contribution in [-0.4, -0.2) is 17.4 Å². The van der Waals surface area contributed by atoms with E-state index >= 15 is 0 Å². The number of pyridine rings is 1. The second-order valence-corrected chi connectivity index (χ2v) is 12.6. The number of aryl methyl sites for hydroxylation is 1. The topological polar surface area (TPSA) is 33.4 Å². The molecule has 0 atom stereocenters. The molecule has 0 saturated heterocycles. The van der Waals surface area contributed by atoms with E-state index in [9.17, 15) is 4.79 Å². The zero-order chi connectivity index (χ0) is 30.2. The van der Waals surface area contributed by atoms with E-state index in [0.717, 1.165) is 36.6 Å². The number of hydrogen-bond donors (Lipinski definition) is 0. The first kappa shape index (κ1) is 36.8. The second kappa shape index (κ2) is 19.8. The van der Waals surface area contributed by atoms with Crippen LogP contribution in [0.5, 0.6) is 5.75 Å². The van der Waals surface area contributed by atoms with Crippen LogP contribution in [0.25, 0.3) is 0 Å². The molecule has 4 nitrogen and oxygen atoms in total. The zero-order valence-electron chi connectivity index (χ0n) is 27.4. The Hall–Kier alpha value is -2.41. The lowest BCUT2D eigenvalue weighted by Crippen LogP contribution is -3.00. The monoisotopic (exact) mass is 698 g/mol. The fourth-order valence-corrected chi connectivity index (χ4v) is 5.50. The van der Waals surface area contributed by atoms with Crippen molar-refractivity contribution in [2.75, 3.05) is 6.61 Å². The Balaban J connectivity index is 0.00000645. The number of nitrogens with zero attached hydrogens (tertiary/aromatic N) is 2. The number of rotatable bonds is 18. The summed E-state index contributed by atoms with van der Waals surface area (Å²) in [5.41, 5.74) is 4.08. The number of carbonyl (C=O) groups excluding carboxylic acids is 1. The van der Waals surface area contributed by atoms with Crippen LogP contribution >= 0.6 is 0 Å². The number of unbranched alkanes of at least 4 members (excludes halogenated alkanes) is 9. The Bertz CT molecular complexity index is 1210. The number of ether oxygens (including phenoxy) is 1. The van der Waals surface area contributed by atoms with Crippen LogP contribution < -0.4 is 33.3 Å². The highest BCUT2D eigenvalue weighted by atomic mass is 127. The molecular formula is C38H55IN2O2. The lowest BCUT2D eigenvalue weighted by atomic mass is 9.85. The molecule has 0 unspecified atom stereocenters. The third-order valence-corrected chi connectivity index (χ3v) is 8.02. The lowest BCUT2D eigenvalue weighted by Gasteiger charge is -2.26. The maximum atomic E-state index is 13.7. The van der Waals surface area contributed by atoms with Crippen molar-refractivity contribution in [3.8, 4) is 5.75 Å². The predicted octanol–water partition coefficient (Wildman–Crippen LogP) is 6.44. The first-order valence-electron chi connectivity index (χ1n) is 16.4. The Labute approximate surface area is 279 Å². The van der Waals surface area contributed by atoms with Crippen molar-refractivity contribution < 1.29 is 38.1 Å². The van der Waals surface area contributed by atoms with Crippen LogP contribution in [0.4, 0.5) is 0 Å². The molecule has 0 aliphatic rings. The molecule has 0 aliphatic carbocycles. The largest absolute Gasteiger partial charge is 1.00 e. The van der Waals surface area contributed by atoms with Crippen molar-refractivity contribution in [3.05, 3.63) is 95.3 Å². The van der Waals surface area contributed by atoms with Crippen LogP contribution in [0.1, 0.15) is 126 Å². The van der Waals surface area contributed by atoms with Gasteiger partial charge in [-0.25, -0.2) is 4.57 Å². The molecule has 0 aliphatic heterocycles. The summed E-state index contributed by atoms with van der Waals surface area (Å²) in [4.78, 5) is 15.7. The van der Waals surface area contributed by atoms with E-state index in [1.54, 1.807) is 0 Å². The van der Waals surface area contributed by atoms with Crippen molar-refractivity contribution in [1.29, 1.82) is 0 Å². The number of benzene rings is 2. The molecule has 0 N–H and O–H groups in total. The van der Waals surface area contributed by atoms with E-state index in [1.165, 1.54) is 63.4 Å². The minimum atomic E-state index is -0.0674. The summed E-state index contributed by atoms with van der Waals surface area (Å²) in [5.74, 6) is 1.01. The highest BCUT2D eigenvalue weighted by Gasteiger charge is 2.23. The SMILES string of the molecule is CCCCCCCCCCCCOc1ccc(CN(Cc2cccc[n+]2CC)C(=O)c2ccccc2)cc1C(C)(C)C.[I-]. The van der Waals surface area contributed by atoms with Gasteiger partial charge in [0.25, 0.3) is 5.91 Å². The molecule has 0 bridgehead atoms. The molecule has 236 valence electrons. The van der Waals surface area contributed by atoms with Gasteiger partial charge >= 0.3 is 0 Å². The van der Waals surface area contributed by atoms with E-state index < -0.39 is 0 Å². The van der Waals surface area contributed by atoms with Crippen molar-refractivity contribution >= 4 is 5.91 Å². The second-order valence-electron chi connectivity index (χ2n) is 12.6. The molecule has 1 heterocycles. The van der Waals surface area contributed by atoms with E-state index in [1.807, 2.05) is 47.4 Å². The highest BCUT2D eigenvalue weighted by molar-refractivity contribution is 5.94. The summed E-state index contributed by atoms with van der Waals surface area (Å²) in [6.07, 6.45) is 15.3. The van der Waals surface area contributed by atoms with Gasteiger partial charge < -0.3 is 33.6 Å². The Morgan fingerprint density at radius 2 is 1.40 bits per heavy atom. The third kappa shape index (κ3) is 12.6. The van der Waals surface area contributed by atoms with E-state index in [4.69, 9.17) is 4.74 Å². The zero-order valence-corrected chi connectivity index (χ0v) is 29.6. The maximum Gasteiger partial charge on any atom is 0.254 e. The molecule has 1 aromatic heterocycles. The van der Waals surface area contributed by atoms with Gasteiger partial charge in [0, 0.05) is 24.2 Å². The van der Waals surface area contributed by atoms with Crippen LogP contribution in [0.15, 0.2) is 72.9 Å². The smallest absolute Gasteiger partial charge is 0.254 e. The van der Waals surface area contributed by atoms with Gasteiger partial charge in [-0.1, -0.05) is 116 Å². The average Bonchev–Trinajstić information content (AvgIpc) is 3.00. The predicted molar refractivity (Wildman–Crippen MR) is 175 cm³/mol. The molecule has 3 aromatic rings. The Morgan fingerprint density at radius 3 is 2.02 bits per heavy atom. The van der Waals surface area contributed by atoms with E-state index in [-0.39, 0.29) is 35.3 Å². The Kier molecular flexibility index (Phi) is 16.9. The van der Waals surface area contributed by atoms with Gasteiger partial charge in [0.05, 0.1) is 6.61 Å². The molecule has 2 aromatic carbocycles. The van der Waals surface area contributed by atoms with Crippen LogP contribution in [-0.2, 0) is 25.0 Å². The van der Waals surface area contributed by atoms with Crippen LogP contribution in [0, 0.1) is 0 Å². The molecule has 0 radical (unpaired) electrons. The minimum absolute atomic E-state index is 0. The first-order valence-corrected chi connectivity index (χ1v) is 16.4. The Morgan fingerprint density at radius 1 is 0.767 bits per heavy atom. The normalized spacial score (nSPS) is 11.2. The van der Waals surface area contributed by atoms with Gasteiger partial charge in [-0.3, -0.25) is 4.79 Å². The van der Waals surface area contributed by atoms with E-state index in [2.05, 4.69) is 69.6 Å². The maximum absolute atomic E-state index is 13.7.